The summed E-state index contributed by atoms with van der Waals surface area (Å²) in [5, 5.41) is 3.92. The van der Waals surface area contributed by atoms with Crippen LogP contribution in [0.1, 0.15) is 25.5 Å². The molecule has 5 heteroatoms. The van der Waals surface area contributed by atoms with Crippen molar-refractivity contribution in [2.24, 2.45) is 0 Å². The van der Waals surface area contributed by atoms with Crippen molar-refractivity contribution in [2.45, 2.75) is 19.9 Å². The number of ether oxygens (including phenoxy) is 1. The molecule has 0 heterocycles. The second kappa shape index (κ2) is 6.84. The Kier molecular flexibility index (Phi) is 5.75. The predicted octanol–water partition coefficient (Wildman–Crippen LogP) is 3.21. The molecule has 0 spiro atoms. The molecule has 0 saturated carbocycles. The maximum Gasteiger partial charge on any atom is 0.246 e. The maximum atomic E-state index is 11.5. The third-order valence-corrected chi connectivity index (χ3v) is 2.81. The van der Waals surface area contributed by atoms with Gasteiger partial charge in [-0.2, -0.15) is 0 Å². The summed E-state index contributed by atoms with van der Waals surface area (Å²) in [7, 11) is 0. The van der Waals surface area contributed by atoms with Crippen LogP contribution in [0.25, 0.3) is 0 Å². The van der Waals surface area contributed by atoms with Gasteiger partial charge in [-0.15, -0.1) is 0 Å². The second-order valence-corrected chi connectivity index (χ2v) is 4.44. The lowest BCUT2D eigenvalue weighted by Crippen LogP contribution is -2.30. The first-order valence-electron chi connectivity index (χ1n) is 5.36. The van der Waals surface area contributed by atoms with Crippen molar-refractivity contribution in [1.82, 2.24) is 5.32 Å². The van der Waals surface area contributed by atoms with Gasteiger partial charge in [0.1, 0.15) is 6.61 Å². The molecule has 0 radical (unpaired) electrons. The second-order valence-electron chi connectivity index (χ2n) is 3.59. The maximum absolute atomic E-state index is 11.5. The molecule has 94 valence electrons. The monoisotopic (exact) mass is 275 g/mol. The van der Waals surface area contributed by atoms with Crippen molar-refractivity contribution in [3.8, 4) is 0 Å². The molecule has 1 aromatic carbocycles. The molecule has 1 N–H and O–H groups in total. The van der Waals surface area contributed by atoms with Crippen LogP contribution in [0.2, 0.25) is 10.0 Å². The highest BCUT2D eigenvalue weighted by Crippen LogP contribution is 2.25. The summed E-state index contributed by atoms with van der Waals surface area (Å²) in [4.78, 5) is 11.5. The molecule has 1 unspecified atom stereocenters. The van der Waals surface area contributed by atoms with E-state index in [2.05, 4.69) is 5.32 Å². The number of hydrogen-bond acceptors (Lipinski definition) is 2. The molecule has 0 aliphatic rings. The number of hydrogen-bond donors (Lipinski definition) is 1. The van der Waals surface area contributed by atoms with Gasteiger partial charge in [-0.1, -0.05) is 29.3 Å². The minimum atomic E-state index is -0.173. The average molecular weight is 276 g/mol. The standard InChI is InChI=1S/C12H15Cl2NO2/c1-3-17-7-12(16)15-8(2)10-5-4-9(13)6-11(10)14/h4-6,8H,3,7H2,1-2H3,(H,15,16). The topological polar surface area (TPSA) is 38.3 Å². The third-order valence-electron chi connectivity index (χ3n) is 2.24. The van der Waals surface area contributed by atoms with Crippen molar-refractivity contribution in [3.05, 3.63) is 33.8 Å². The van der Waals surface area contributed by atoms with E-state index in [1.54, 1.807) is 18.2 Å². The summed E-state index contributed by atoms with van der Waals surface area (Å²) < 4.78 is 5.02. The Morgan fingerprint density at radius 3 is 2.76 bits per heavy atom. The van der Waals surface area contributed by atoms with E-state index in [0.717, 1.165) is 5.56 Å². The van der Waals surface area contributed by atoms with Gasteiger partial charge in [0.25, 0.3) is 0 Å². The van der Waals surface area contributed by atoms with Gasteiger partial charge in [0.05, 0.1) is 6.04 Å². The van der Waals surface area contributed by atoms with Crippen molar-refractivity contribution in [3.63, 3.8) is 0 Å². The van der Waals surface area contributed by atoms with Gasteiger partial charge in [0, 0.05) is 16.7 Å². The molecular weight excluding hydrogens is 261 g/mol. The Bertz CT molecular complexity index is 396. The largest absolute Gasteiger partial charge is 0.372 e. The molecule has 17 heavy (non-hydrogen) atoms. The lowest BCUT2D eigenvalue weighted by Gasteiger charge is -2.15. The van der Waals surface area contributed by atoms with Crippen LogP contribution in [-0.4, -0.2) is 19.1 Å². The lowest BCUT2D eigenvalue weighted by molar-refractivity contribution is -0.126. The molecule has 1 amide bonds. The Labute approximate surface area is 111 Å². The first kappa shape index (κ1) is 14.3. The number of carbonyl (C=O) groups is 1. The third kappa shape index (κ3) is 4.54. The molecule has 0 bridgehead atoms. The quantitative estimate of drug-likeness (QED) is 0.896. The summed E-state index contributed by atoms with van der Waals surface area (Å²) in [5.41, 5.74) is 0.834. The van der Waals surface area contributed by atoms with Crippen LogP contribution in [0.15, 0.2) is 18.2 Å². The summed E-state index contributed by atoms with van der Waals surface area (Å²) in [6.07, 6.45) is 0. The normalized spacial score (nSPS) is 12.2. The fourth-order valence-corrected chi connectivity index (χ4v) is 1.98. The van der Waals surface area contributed by atoms with Crippen LogP contribution in [0.5, 0.6) is 0 Å². The van der Waals surface area contributed by atoms with Gasteiger partial charge in [-0.25, -0.2) is 0 Å². The van der Waals surface area contributed by atoms with E-state index in [4.69, 9.17) is 27.9 Å². The first-order valence-corrected chi connectivity index (χ1v) is 6.12. The molecule has 0 aromatic heterocycles. The minimum Gasteiger partial charge on any atom is -0.372 e. The zero-order valence-electron chi connectivity index (χ0n) is 9.80. The minimum absolute atomic E-state index is 0.0616. The van der Waals surface area contributed by atoms with Crippen LogP contribution in [-0.2, 0) is 9.53 Å². The van der Waals surface area contributed by atoms with Crippen molar-refractivity contribution < 1.29 is 9.53 Å². The summed E-state index contributed by atoms with van der Waals surface area (Å²) in [5.74, 6) is -0.162. The molecule has 1 aromatic rings. The molecule has 1 rings (SSSR count). The number of carbonyl (C=O) groups excluding carboxylic acids is 1. The lowest BCUT2D eigenvalue weighted by atomic mass is 10.1. The molecule has 0 fully saturated rings. The molecule has 3 nitrogen and oxygen atoms in total. The number of halogens is 2. The Morgan fingerprint density at radius 1 is 1.47 bits per heavy atom. The first-order chi connectivity index (χ1) is 8.04. The van der Waals surface area contributed by atoms with E-state index in [0.29, 0.717) is 16.7 Å². The van der Waals surface area contributed by atoms with Crippen LogP contribution in [0.4, 0.5) is 0 Å². The summed E-state index contributed by atoms with van der Waals surface area (Å²) >= 11 is 11.8. The van der Waals surface area contributed by atoms with Gasteiger partial charge < -0.3 is 10.1 Å². The SMILES string of the molecule is CCOCC(=O)NC(C)c1ccc(Cl)cc1Cl. The highest BCUT2D eigenvalue weighted by molar-refractivity contribution is 6.35. The molecule has 0 aliphatic carbocycles. The van der Waals surface area contributed by atoms with Crippen LogP contribution >= 0.6 is 23.2 Å². The smallest absolute Gasteiger partial charge is 0.246 e. The highest BCUT2D eigenvalue weighted by atomic mass is 35.5. The van der Waals surface area contributed by atoms with E-state index in [-0.39, 0.29) is 18.6 Å². The van der Waals surface area contributed by atoms with Gasteiger partial charge in [-0.05, 0) is 31.5 Å². The molecular formula is C12H15Cl2NO2. The van der Waals surface area contributed by atoms with Gasteiger partial charge in [0.2, 0.25) is 5.91 Å². The van der Waals surface area contributed by atoms with Crippen molar-refractivity contribution >= 4 is 29.1 Å². The van der Waals surface area contributed by atoms with E-state index in [1.807, 2.05) is 13.8 Å². The Morgan fingerprint density at radius 2 is 2.18 bits per heavy atom. The van der Waals surface area contributed by atoms with Gasteiger partial charge in [0.15, 0.2) is 0 Å². The van der Waals surface area contributed by atoms with E-state index >= 15 is 0 Å². The zero-order chi connectivity index (χ0) is 12.8. The molecule has 1 atom stereocenters. The number of benzene rings is 1. The summed E-state index contributed by atoms with van der Waals surface area (Å²) in [6, 6.07) is 5.03. The predicted molar refractivity (Wildman–Crippen MR) is 69.5 cm³/mol. The Balaban J connectivity index is 2.63. The van der Waals surface area contributed by atoms with Crippen LogP contribution in [0, 0.1) is 0 Å². The van der Waals surface area contributed by atoms with Crippen molar-refractivity contribution in [2.75, 3.05) is 13.2 Å². The average Bonchev–Trinajstić information content (AvgIpc) is 2.26. The van der Waals surface area contributed by atoms with Gasteiger partial charge >= 0.3 is 0 Å². The number of amides is 1. The fourth-order valence-electron chi connectivity index (χ4n) is 1.41. The fraction of sp³-hybridized carbons (Fsp3) is 0.417. The highest BCUT2D eigenvalue weighted by Gasteiger charge is 2.12. The molecule has 0 saturated heterocycles. The van der Waals surface area contributed by atoms with E-state index in [9.17, 15) is 4.79 Å². The van der Waals surface area contributed by atoms with Crippen molar-refractivity contribution in [1.29, 1.82) is 0 Å². The summed E-state index contributed by atoms with van der Waals surface area (Å²) in [6.45, 7) is 4.28. The van der Waals surface area contributed by atoms with Crippen LogP contribution < -0.4 is 5.32 Å². The van der Waals surface area contributed by atoms with Gasteiger partial charge in [-0.3, -0.25) is 4.79 Å². The number of nitrogens with one attached hydrogen (secondary N) is 1. The Hall–Kier alpha value is -0.770. The van der Waals surface area contributed by atoms with E-state index in [1.165, 1.54) is 0 Å². The number of rotatable bonds is 5. The van der Waals surface area contributed by atoms with E-state index < -0.39 is 0 Å². The van der Waals surface area contributed by atoms with Crippen LogP contribution in [0.3, 0.4) is 0 Å². The molecule has 0 aliphatic heterocycles. The zero-order valence-corrected chi connectivity index (χ0v) is 11.3.